The Hall–Kier alpha value is -2.33. The summed E-state index contributed by atoms with van der Waals surface area (Å²) >= 11 is 0. The van der Waals surface area contributed by atoms with E-state index in [0.29, 0.717) is 5.92 Å². The number of rotatable bonds is 5. The molecule has 3 rings (SSSR count). The zero-order valence-electron chi connectivity index (χ0n) is 15.8. The first-order valence-electron chi connectivity index (χ1n) is 9.54. The first-order chi connectivity index (χ1) is 12.6. The van der Waals surface area contributed by atoms with Gasteiger partial charge in [-0.1, -0.05) is 62.4 Å². The smallest absolute Gasteiger partial charge is 0.321 e. The number of para-hydroxylation sites is 1. The van der Waals surface area contributed by atoms with Crippen LogP contribution in [0.5, 0.6) is 0 Å². The number of anilines is 1. The number of carbonyl (C=O) groups is 1. The van der Waals surface area contributed by atoms with Crippen molar-refractivity contribution in [2.45, 2.75) is 26.2 Å². The molecule has 0 spiro atoms. The number of carbonyl (C=O) groups excluding carboxylic acids is 1. The molecule has 0 aliphatic carbocycles. The summed E-state index contributed by atoms with van der Waals surface area (Å²) in [6.07, 6.45) is 1.06. The molecule has 2 amide bonds. The van der Waals surface area contributed by atoms with E-state index in [1.165, 1.54) is 11.1 Å². The van der Waals surface area contributed by atoms with E-state index in [2.05, 4.69) is 60.5 Å². The molecule has 0 atom stereocenters. The number of amides is 2. The molecule has 0 unspecified atom stereocenters. The second-order valence-corrected chi connectivity index (χ2v) is 7.24. The van der Waals surface area contributed by atoms with E-state index in [4.69, 9.17) is 0 Å². The summed E-state index contributed by atoms with van der Waals surface area (Å²) in [4.78, 5) is 17.0. The molecule has 2 aromatic rings. The van der Waals surface area contributed by atoms with Crippen LogP contribution in [0.15, 0.2) is 54.6 Å². The van der Waals surface area contributed by atoms with Gasteiger partial charge in [0.2, 0.25) is 0 Å². The predicted octanol–water partition coefficient (Wildman–Crippen LogP) is 4.20. The third-order valence-electron chi connectivity index (χ3n) is 5.04. The first kappa shape index (κ1) is 18.5. The number of piperazine rings is 1. The molecule has 4 nitrogen and oxygen atoms in total. The van der Waals surface area contributed by atoms with Crippen molar-refractivity contribution in [2.24, 2.45) is 0 Å². The van der Waals surface area contributed by atoms with E-state index in [0.717, 1.165) is 44.8 Å². The lowest BCUT2D eigenvalue weighted by Crippen LogP contribution is -2.50. The van der Waals surface area contributed by atoms with Gasteiger partial charge in [0, 0.05) is 38.4 Å². The van der Waals surface area contributed by atoms with E-state index in [-0.39, 0.29) is 6.03 Å². The van der Waals surface area contributed by atoms with Crippen molar-refractivity contribution in [3.8, 4) is 0 Å². The van der Waals surface area contributed by atoms with Gasteiger partial charge in [0.05, 0.1) is 0 Å². The van der Waals surface area contributed by atoms with Gasteiger partial charge in [-0.3, -0.25) is 4.90 Å². The van der Waals surface area contributed by atoms with Gasteiger partial charge in [0.25, 0.3) is 0 Å². The summed E-state index contributed by atoms with van der Waals surface area (Å²) < 4.78 is 0. The Morgan fingerprint density at radius 1 is 0.962 bits per heavy atom. The highest BCUT2D eigenvalue weighted by Crippen LogP contribution is 2.24. The predicted molar refractivity (Wildman–Crippen MR) is 108 cm³/mol. The van der Waals surface area contributed by atoms with Crippen LogP contribution in [0.25, 0.3) is 0 Å². The highest BCUT2D eigenvalue weighted by molar-refractivity contribution is 5.90. The lowest BCUT2D eigenvalue weighted by atomic mass is 10.0. The van der Waals surface area contributed by atoms with E-state index in [9.17, 15) is 4.79 Å². The fourth-order valence-corrected chi connectivity index (χ4v) is 3.42. The van der Waals surface area contributed by atoms with E-state index >= 15 is 0 Å². The Bertz CT molecular complexity index is 706. The van der Waals surface area contributed by atoms with Crippen molar-refractivity contribution >= 4 is 11.7 Å². The Balaban J connectivity index is 1.48. The Morgan fingerprint density at radius 2 is 1.62 bits per heavy atom. The average Bonchev–Trinajstić information content (AvgIpc) is 2.68. The largest absolute Gasteiger partial charge is 0.322 e. The van der Waals surface area contributed by atoms with E-state index in [1.54, 1.807) is 0 Å². The van der Waals surface area contributed by atoms with Gasteiger partial charge in [-0.15, -0.1) is 0 Å². The maximum atomic E-state index is 12.6. The number of hydrogen-bond donors (Lipinski definition) is 1. The van der Waals surface area contributed by atoms with Crippen LogP contribution in [0.4, 0.5) is 10.5 Å². The molecule has 0 aromatic heterocycles. The van der Waals surface area contributed by atoms with E-state index < -0.39 is 0 Å². The molecule has 138 valence electrons. The van der Waals surface area contributed by atoms with Crippen LogP contribution in [0, 0.1) is 0 Å². The van der Waals surface area contributed by atoms with Crippen LogP contribution in [0.1, 0.15) is 30.9 Å². The zero-order chi connectivity index (χ0) is 18.4. The third kappa shape index (κ3) is 4.85. The van der Waals surface area contributed by atoms with Gasteiger partial charge in [0.1, 0.15) is 0 Å². The summed E-state index contributed by atoms with van der Waals surface area (Å²) in [6.45, 7) is 8.79. The van der Waals surface area contributed by atoms with Gasteiger partial charge in [0.15, 0.2) is 0 Å². The highest BCUT2D eigenvalue weighted by Gasteiger charge is 2.21. The van der Waals surface area contributed by atoms with Crippen LogP contribution in [-0.4, -0.2) is 48.6 Å². The summed E-state index contributed by atoms with van der Waals surface area (Å²) in [6, 6.07) is 18.7. The molecule has 0 bridgehead atoms. The molecule has 26 heavy (non-hydrogen) atoms. The fraction of sp³-hybridized carbons (Fsp3) is 0.409. The average molecular weight is 351 g/mol. The molecule has 1 aliphatic rings. The summed E-state index contributed by atoms with van der Waals surface area (Å²) in [5.74, 6) is 0.390. The van der Waals surface area contributed by atoms with Crippen molar-refractivity contribution < 1.29 is 4.79 Å². The second-order valence-electron chi connectivity index (χ2n) is 7.24. The molecule has 2 aromatic carbocycles. The van der Waals surface area contributed by atoms with Crippen molar-refractivity contribution in [3.05, 3.63) is 65.7 Å². The topological polar surface area (TPSA) is 35.6 Å². The number of nitrogens with zero attached hydrogens (tertiary/aromatic N) is 2. The van der Waals surface area contributed by atoms with Crippen LogP contribution in [-0.2, 0) is 6.42 Å². The van der Waals surface area contributed by atoms with Crippen molar-refractivity contribution in [1.82, 2.24) is 9.80 Å². The minimum atomic E-state index is 0.0146. The minimum absolute atomic E-state index is 0.0146. The van der Waals surface area contributed by atoms with Gasteiger partial charge in [-0.05, 0) is 29.5 Å². The van der Waals surface area contributed by atoms with Gasteiger partial charge >= 0.3 is 6.03 Å². The number of nitrogens with one attached hydrogen (secondary N) is 1. The highest BCUT2D eigenvalue weighted by atomic mass is 16.2. The van der Waals surface area contributed by atoms with Gasteiger partial charge < -0.3 is 10.2 Å². The molecule has 1 saturated heterocycles. The molecule has 1 N–H and O–H groups in total. The molecular formula is C22H29N3O. The number of hydrogen-bond acceptors (Lipinski definition) is 2. The number of benzene rings is 2. The molecule has 1 aliphatic heterocycles. The zero-order valence-corrected chi connectivity index (χ0v) is 15.8. The normalized spacial score (nSPS) is 15.3. The van der Waals surface area contributed by atoms with E-state index in [1.807, 2.05) is 23.1 Å². The van der Waals surface area contributed by atoms with Crippen molar-refractivity contribution in [1.29, 1.82) is 0 Å². The summed E-state index contributed by atoms with van der Waals surface area (Å²) in [5, 5.41) is 3.10. The number of urea groups is 1. The third-order valence-corrected chi connectivity index (χ3v) is 5.04. The van der Waals surface area contributed by atoms with Crippen LogP contribution < -0.4 is 5.32 Å². The molecule has 1 fully saturated rings. The summed E-state index contributed by atoms with van der Waals surface area (Å²) in [5.41, 5.74) is 3.49. The van der Waals surface area contributed by atoms with Crippen molar-refractivity contribution in [2.75, 3.05) is 38.0 Å². The Labute approximate surface area is 156 Å². The molecule has 1 heterocycles. The van der Waals surface area contributed by atoms with Crippen molar-refractivity contribution in [3.63, 3.8) is 0 Å². The monoisotopic (exact) mass is 351 g/mol. The van der Waals surface area contributed by atoms with Crippen LogP contribution >= 0.6 is 0 Å². The standard InChI is InChI=1S/C22H29N3O/c1-18(2)20-10-6-7-11-21(20)23-22(26)25-16-14-24(15-17-25)13-12-19-8-4-3-5-9-19/h3-11,18H,12-17H2,1-2H3,(H,23,26). The van der Waals surface area contributed by atoms with Gasteiger partial charge in [-0.2, -0.15) is 0 Å². The van der Waals surface area contributed by atoms with Crippen LogP contribution in [0.3, 0.4) is 0 Å². The lowest BCUT2D eigenvalue weighted by molar-refractivity contribution is 0.148. The molecular weight excluding hydrogens is 322 g/mol. The molecule has 4 heteroatoms. The maximum absolute atomic E-state index is 12.6. The lowest BCUT2D eigenvalue weighted by Gasteiger charge is -2.35. The molecule has 0 radical (unpaired) electrons. The molecule has 0 saturated carbocycles. The Morgan fingerprint density at radius 3 is 2.31 bits per heavy atom. The fourth-order valence-electron chi connectivity index (χ4n) is 3.42. The van der Waals surface area contributed by atoms with Gasteiger partial charge in [-0.25, -0.2) is 4.79 Å². The Kier molecular flexibility index (Phi) is 6.29. The summed E-state index contributed by atoms with van der Waals surface area (Å²) in [7, 11) is 0. The van der Waals surface area contributed by atoms with Crippen LogP contribution in [0.2, 0.25) is 0 Å². The second kappa shape index (κ2) is 8.86. The minimum Gasteiger partial charge on any atom is -0.322 e. The SMILES string of the molecule is CC(C)c1ccccc1NC(=O)N1CCN(CCc2ccccc2)CC1. The first-order valence-corrected chi connectivity index (χ1v) is 9.54. The quantitative estimate of drug-likeness (QED) is 0.876. The maximum Gasteiger partial charge on any atom is 0.321 e.